The summed E-state index contributed by atoms with van der Waals surface area (Å²) in [4.78, 5) is 15.9. The van der Waals surface area contributed by atoms with Gasteiger partial charge in [-0.2, -0.15) is 0 Å². The molecule has 0 spiro atoms. The number of rotatable bonds is 2. The number of benzene rings is 1. The zero-order chi connectivity index (χ0) is 14.0. The standard InChI is InChI=1S/C14H13BrN2O2/c1-8-6-10(7-9(2)12(8)15)17-14(19)13-11(18)4-3-5-16-13/h3-7,18H,1-2H3,(H,17,19). The fraction of sp³-hybridized carbons (Fsp3) is 0.143. The largest absolute Gasteiger partial charge is 0.505 e. The maximum Gasteiger partial charge on any atom is 0.278 e. The fourth-order valence-corrected chi connectivity index (χ4v) is 2.01. The van der Waals surface area contributed by atoms with E-state index in [-0.39, 0.29) is 11.4 Å². The fourth-order valence-electron chi connectivity index (χ4n) is 1.78. The van der Waals surface area contributed by atoms with Crippen molar-refractivity contribution in [2.75, 3.05) is 5.32 Å². The van der Waals surface area contributed by atoms with Gasteiger partial charge < -0.3 is 10.4 Å². The first-order valence-corrected chi connectivity index (χ1v) is 6.50. The van der Waals surface area contributed by atoms with Gasteiger partial charge in [-0.1, -0.05) is 15.9 Å². The van der Waals surface area contributed by atoms with Crippen LogP contribution in [0.25, 0.3) is 0 Å². The highest BCUT2D eigenvalue weighted by atomic mass is 79.9. The Balaban J connectivity index is 2.27. The van der Waals surface area contributed by atoms with Crippen molar-refractivity contribution in [3.8, 4) is 5.75 Å². The van der Waals surface area contributed by atoms with E-state index in [4.69, 9.17) is 0 Å². The predicted octanol–water partition coefficient (Wildman–Crippen LogP) is 3.42. The molecule has 2 aromatic rings. The second kappa shape index (κ2) is 5.40. The average Bonchev–Trinajstić information content (AvgIpc) is 2.36. The highest BCUT2D eigenvalue weighted by molar-refractivity contribution is 9.10. The second-order valence-electron chi connectivity index (χ2n) is 4.25. The van der Waals surface area contributed by atoms with Crippen molar-refractivity contribution in [2.45, 2.75) is 13.8 Å². The van der Waals surface area contributed by atoms with Crippen molar-refractivity contribution in [2.24, 2.45) is 0 Å². The van der Waals surface area contributed by atoms with Gasteiger partial charge in [0.1, 0.15) is 5.75 Å². The summed E-state index contributed by atoms with van der Waals surface area (Å²) in [6.45, 7) is 3.90. The maximum absolute atomic E-state index is 12.0. The highest BCUT2D eigenvalue weighted by Gasteiger charge is 2.13. The lowest BCUT2D eigenvalue weighted by Crippen LogP contribution is -2.14. The zero-order valence-electron chi connectivity index (χ0n) is 10.6. The molecular weight excluding hydrogens is 308 g/mol. The van der Waals surface area contributed by atoms with Crippen LogP contribution in [0.15, 0.2) is 34.9 Å². The minimum absolute atomic E-state index is 0.0146. The van der Waals surface area contributed by atoms with Gasteiger partial charge >= 0.3 is 0 Å². The molecule has 0 aliphatic heterocycles. The van der Waals surface area contributed by atoms with Gasteiger partial charge in [0.2, 0.25) is 0 Å². The van der Waals surface area contributed by atoms with Gasteiger partial charge in [0.15, 0.2) is 5.69 Å². The summed E-state index contributed by atoms with van der Waals surface area (Å²) < 4.78 is 1.02. The number of aromatic hydroxyl groups is 1. The topological polar surface area (TPSA) is 62.2 Å². The number of nitrogens with one attached hydrogen (secondary N) is 1. The van der Waals surface area contributed by atoms with E-state index in [1.165, 1.54) is 12.3 Å². The van der Waals surface area contributed by atoms with Gasteiger partial charge in [-0.05, 0) is 49.2 Å². The second-order valence-corrected chi connectivity index (χ2v) is 5.04. The van der Waals surface area contributed by atoms with Crippen LogP contribution in [0.4, 0.5) is 5.69 Å². The van der Waals surface area contributed by atoms with Crippen molar-refractivity contribution in [1.29, 1.82) is 0 Å². The average molecular weight is 321 g/mol. The van der Waals surface area contributed by atoms with Crippen molar-refractivity contribution in [1.82, 2.24) is 4.98 Å². The van der Waals surface area contributed by atoms with Crippen LogP contribution in [0.1, 0.15) is 21.6 Å². The number of carbonyl (C=O) groups excluding carboxylic acids is 1. The number of aromatic nitrogens is 1. The van der Waals surface area contributed by atoms with E-state index in [1.54, 1.807) is 6.07 Å². The number of amides is 1. The molecular formula is C14H13BrN2O2. The molecule has 2 N–H and O–H groups in total. The van der Waals surface area contributed by atoms with Crippen molar-refractivity contribution < 1.29 is 9.90 Å². The smallest absolute Gasteiger partial charge is 0.278 e. The van der Waals surface area contributed by atoms with Crippen LogP contribution in [-0.4, -0.2) is 16.0 Å². The van der Waals surface area contributed by atoms with Crippen molar-refractivity contribution in [3.63, 3.8) is 0 Å². The molecule has 0 aliphatic rings. The van der Waals surface area contributed by atoms with Crippen LogP contribution < -0.4 is 5.32 Å². The number of halogens is 1. The molecule has 19 heavy (non-hydrogen) atoms. The minimum Gasteiger partial charge on any atom is -0.505 e. The van der Waals surface area contributed by atoms with Crippen molar-refractivity contribution in [3.05, 3.63) is 51.8 Å². The van der Waals surface area contributed by atoms with Crippen LogP contribution in [0.5, 0.6) is 5.75 Å². The summed E-state index contributed by atoms with van der Waals surface area (Å²) in [6.07, 6.45) is 1.46. The summed E-state index contributed by atoms with van der Waals surface area (Å²) >= 11 is 3.47. The molecule has 0 aliphatic carbocycles. The normalized spacial score (nSPS) is 10.3. The van der Waals surface area contributed by atoms with Gasteiger partial charge in [-0.25, -0.2) is 4.98 Å². The van der Waals surface area contributed by atoms with E-state index in [0.29, 0.717) is 5.69 Å². The lowest BCUT2D eigenvalue weighted by molar-refractivity contribution is 0.101. The molecule has 0 saturated carbocycles. The van der Waals surface area contributed by atoms with E-state index in [9.17, 15) is 9.90 Å². The molecule has 2 rings (SSSR count). The van der Waals surface area contributed by atoms with Gasteiger partial charge in [-0.15, -0.1) is 0 Å². The summed E-state index contributed by atoms with van der Waals surface area (Å²) in [5.74, 6) is -0.565. The molecule has 0 saturated heterocycles. The van der Waals surface area contributed by atoms with Crippen LogP contribution in [0.3, 0.4) is 0 Å². The molecule has 0 fully saturated rings. The summed E-state index contributed by atoms with van der Waals surface area (Å²) in [7, 11) is 0. The van der Waals surface area contributed by atoms with E-state index < -0.39 is 5.91 Å². The first-order chi connectivity index (χ1) is 8.99. The first kappa shape index (κ1) is 13.5. The maximum atomic E-state index is 12.0. The number of hydrogen-bond donors (Lipinski definition) is 2. The number of nitrogens with zero attached hydrogens (tertiary/aromatic N) is 1. The highest BCUT2D eigenvalue weighted by Crippen LogP contribution is 2.25. The lowest BCUT2D eigenvalue weighted by atomic mass is 10.1. The number of pyridine rings is 1. The van der Waals surface area contributed by atoms with E-state index in [0.717, 1.165) is 15.6 Å². The Morgan fingerprint density at radius 1 is 1.32 bits per heavy atom. The molecule has 98 valence electrons. The molecule has 1 heterocycles. The summed E-state index contributed by atoms with van der Waals surface area (Å²) in [5, 5.41) is 12.3. The molecule has 0 bridgehead atoms. The quantitative estimate of drug-likeness (QED) is 0.891. The third-order valence-electron chi connectivity index (χ3n) is 2.70. The van der Waals surface area contributed by atoms with Crippen LogP contribution in [0, 0.1) is 13.8 Å². The van der Waals surface area contributed by atoms with Crippen molar-refractivity contribution >= 4 is 27.5 Å². The van der Waals surface area contributed by atoms with Gasteiger partial charge in [0, 0.05) is 16.4 Å². The van der Waals surface area contributed by atoms with E-state index >= 15 is 0 Å². The Hall–Kier alpha value is -1.88. The van der Waals surface area contributed by atoms with Gasteiger partial charge in [0.25, 0.3) is 5.91 Å². The molecule has 4 nitrogen and oxygen atoms in total. The van der Waals surface area contributed by atoms with E-state index in [1.807, 2.05) is 26.0 Å². The SMILES string of the molecule is Cc1cc(NC(=O)c2ncccc2O)cc(C)c1Br. The summed E-state index contributed by atoms with van der Waals surface area (Å²) in [5.41, 5.74) is 2.75. The molecule has 1 amide bonds. The lowest BCUT2D eigenvalue weighted by Gasteiger charge is -2.09. The number of aryl methyl sites for hydroxylation is 2. The number of hydrogen-bond acceptors (Lipinski definition) is 3. The van der Waals surface area contributed by atoms with Crippen LogP contribution in [-0.2, 0) is 0 Å². The molecule has 0 unspecified atom stereocenters. The third kappa shape index (κ3) is 2.93. The number of carbonyl (C=O) groups is 1. The predicted molar refractivity (Wildman–Crippen MR) is 77.5 cm³/mol. The van der Waals surface area contributed by atoms with Crippen LogP contribution in [0.2, 0.25) is 0 Å². The Bertz CT molecular complexity index is 618. The molecule has 0 radical (unpaired) electrons. The molecule has 1 aromatic heterocycles. The monoisotopic (exact) mass is 320 g/mol. The Morgan fingerprint density at radius 2 is 1.95 bits per heavy atom. The molecule has 1 aromatic carbocycles. The number of anilines is 1. The van der Waals surface area contributed by atoms with Crippen LogP contribution >= 0.6 is 15.9 Å². The van der Waals surface area contributed by atoms with E-state index in [2.05, 4.69) is 26.2 Å². The zero-order valence-corrected chi connectivity index (χ0v) is 12.2. The van der Waals surface area contributed by atoms with Gasteiger partial charge in [-0.3, -0.25) is 4.79 Å². The molecule has 0 atom stereocenters. The first-order valence-electron chi connectivity index (χ1n) is 5.71. The minimum atomic E-state index is -0.431. The Morgan fingerprint density at radius 3 is 2.53 bits per heavy atom. The third-order valence-corrected chi connectivity index (χ3v) is 3.95. The Labute approximate surface area is 119 Å². The summed E-state index contributed by atoms with van der Waals surface area (Å²) in [6, 6.07) is 6.71. The van der Waals surface area contributed by atoms with Gasteiger partial charge in [0.05, 0.1) is 0 Å². The Kier molecular flexibility index (Phi) is 3.85. The molecule has 5 heteroatoms.